The molecular weight excluding hydrogens is 318 g/mol. The van der Waals surface area contributed by atoms with Gasteiger partial charge in [-0.2, -0.15) is 0 Å². The first-order valence-corrected chi connectivity index (χ1v) is 8.66. The highest BCUT2D eigenvalue weighted by Crippen LogP contribution is 2.22. The van der Waals surface area contributed by atoms with E-state index in [1.54, 1.807) is 29.9 Å². The molecular formula is C19H19N3OS. The van der Waals surface area contributed by atoms with Crippen molar-refractivity contribution in [2.24, 2.45) is 7.05 Å². The van der Waals surface area contributed by atoms with Crippen molar-refractivity contribution in [2.75, 3.05) is 11.9 Å². The Morgan fingerprint density at radius 3 is 2.67 bits per heavy atom. The molecule has 0 aliphatic heterocycles. The van der Waals surface area contributed by atoms with Gasteiger partial charge in [-0.15, -0.1) is 0 Å². The lowest BCUT2D eigenvalue weighted by atomic mass is 10.1. The van der Waals surface area contributed by atoms with Gasteiger partial charge in [-0.1, -0.05) is 42.1 Å². The van der Waals surface area contributed by atoms with Crippen LogP contribution >= 0.6 is 11.8 Å². The summed E-state index contributed by atoms with van der Waals surface area (Å²) in [5.41, 5.74) is 2.69. The third-order valence-electron chi connectivity index (χ3n) is 3.77. The fourth-order valence-corrected chi connectivity index (χ4v) is 3.27. The molecule has 0 aliphatic carbocycles. The molecule has 0 spiro atoms. The maximum Gasteiger partial charge on any atom is 0.258 e. The summed E-state index contributed by atoms with van der Waals surface area (Å²) in [4.78, 5) is 18.7. The summed E-state index contributed by atoms with van der Waals surface area (Å²) in [5, 5.41) is 0.966. The van der Waals surface area contributed by atoms with Gasteiger partial charge in [-0.25, -0.2) is 4.98 Å². The Morgan fingerprint density at radius 1 is 1.17 bits per heavy atom. The van der Waals surface area contributed by atoms with Crippen LogP contribution in [0.2, 0.25) is 0 Å². The Bertz CT molecular complexity index is 829. The minimum Gasteiger partial charge on any atom is -0.329 e. The minimum atomic E-state index is -0.00922. The quantitative estimate of drug-likeness (QED) is 0.661. The standard InChI is InChI=1S/C19H19N3OS/c1-21-12-11-20-19(21)24-14-15-7-6-8-16(13-15)18(23)22(2)17-9-4-3-5-10-17/h3-13H,14H2,1-2H3. The number of anilines is 1. The topological polar surface area (TPSA) is 38.1 Å². The third-order valence-corrected chi connectivity index (χ3v) is 4.90. The summed E-state index contributed by atoms with van der Waals surface area (Å²) in [6, 6.07) is 17.4. The van der Waals surface area contributed by atoms with Crippen molar-refractivity contribution in [2.45, 2.75) is 10.9 Å². The van der Waals surface area contributed by atoms with Crippen LogP contribution in [0, 0.1) is 0 Å². The predicted molar refractivity (Wildman–Crippen MR) is 98.4 cm³/mol. The van der Waals surface area contributed by atoms with Crippen molar-refractivity contribution < 1.29 is 4.79 Å². The molecule has 0 aliphatic rings. The molecule has 24 heavy (non-hydrogen) atoms. The van der Waals surface area contributed by atoms with E-state index in [9.17, 15) is 4.79 Å². The van der Waals surface area contributed by atoms with Crippen molar-refractivity contribution in [3.8, 4) is 0 Å². The maximum absolute atomic E-state index is 12.7. The number of thioether (sulfide) groups is 1. The lowest BCUT2D eigenvalue weighted by Crippen LogP contribution is -2.26. The van der Waals surface area contributed by atoms with Crippen LogP contribution in [0.4, 0.5) is 5.69 Å². The second-order valence-electron chi connectivity index (χ2n) is 5.51. The van der Waals surface area contributed by atoms with E-state index >= 15 is 0 Å². The minimum absolute atomic E-state index is 0.00922. The van der Waals surface area contributed by atoms with E-state index < -0.39 is 0 Å². The van der Waals surface area contributed by atoms with Crippen LogP contribution in [0.5, 0.6) is 0 Å². The average molecular weight is 337 g/mol. The van der Waals surface area contributed by atoms with Gasteiger partial charge in [0.1, 0.15) is 0 Å². The second kappa shape index (κ2) is 7.36. The Kier molecular flexibility index (Phi) is 5.01. The molecule has 0 N–H and O–H groups in total. The van der Waals surface area contributed by atoms with Gasteiger partial charge in [0, 0.05) is 43.5 Å². The Balaban J connectivity index is 1.72. The molecule has 3 rings (SSSR count). The monoisotopic (exact) mass is 337 g/mol. The van der Waals surface area contributed by atoms with Gasteiger partial charge in [0.15, 0.2) is 5.16 Å². The maximum atomic E-state index is 12.7. The molecule has 1 amide bonds. The molecule has 122 valence electrons. The predicted octanol–water partition coefficient (Wildman–Crippen LogP) is 3.99. The number of para-hydroxylation sites is 1. The third kappa shape index (κ3) is 3.68. The number of aryl methyl sites for hydroxylation is 1. The van der Waals surface area contributed by atoms with Crippen LogP contribution in [0.3, 0.4) is 0 Å². The summed E-state index contributed by atoms with van der Waals surface area (Å²) < 4.78 is 1.99. The van der Waals surface area contributed by atoms with Gasteiger partial charge in [0.25, 0.3) is 5.91 Å². The number of nitrogens with zero attached hydrogens (tertiary/aromatic N) is 3. The highest BCUT2D eigenvalue weighted by atomic mass is 32.2. The first kappa shape index (κ1) is 16.3. The molecule has 4 nitrogen and oxygen atoms in total. The smallest absolute Gasteiger partial charge is 0.258 e. The molecule has 0 atom stereocenters. The van der Waals surface area contributed by atoms with Crippen molar-refractivity contribution in [1.29, 1.82) is 0 Å². The van der Waals surface area contributed by atoms with Gasteiger partial charge >= 0.3 is 0 Å². The van der Waals surface area contributed by atoms with E-state index in [2.05, 4.69) is 4.98 Å². The van der Waals surface area contributed by atoms with E-state index in [1.165, 1.54) is 0 Å². The number of hydrogen-bond donors (Lipinski definition) is 0. The van der Waals surface area contributed by atoms with Crippen LogP contribution in [-0.2, 0) is 12.8 Å². The lowest BCUT2D eigenvalue weighted by Gasteiger charge is -2.17. The van der Waals surface area contributed by atoms with E-state index in [4.69, 9.17) is 0 Å². The molecule has 0 saturated carbocycles. The van der Waals surface area contributed by atoms with Gasteiger partial charge in [-0.05, 0) is 29.8 Å². The van der Waals surface area contributed by atoms with Gasteiger partial charge < -0.3 is 9.47 Å². The van der Waals surface area contributed by atoms with E-state index in [0.717, 1.165) is 22.2 Å². The van der Waals surface area contributed by atoms with Gasteiger partial charge in [-0.3, -0.25) is 4.79 Å². The lowest BCUT2D eigenvalue weighted by molar-refractivity contribution is 0.0993. The van der Waals surface area contributed by atoms with Crippen LogP contribution in [0.25, 0.3) is 0 Å². The summed E-state index contributed by atoms with van der Waals surface area (Å²) >= 11 is 1.66. The summed E-state index contributed by atoms with van der Waals surface area (Å²) in [6.45, 7) is 0. The second-order valence-corrected chi connectivity index (χ2v) is 6.45. The van der Waals surface area contributed by atoms with Gasteiger partial charge in [0.2, 0.25) is 0 Å². The summed E-state index contributed by atoms with van der Waals surface area (Å²) in [6.07, 6.45) is 3.72. The molecule has 0 radical (unpaired) electrons. The molecule has 5 heteroatoms. The zero-order chi connectivity index (χ0) is 16.9. The fourth-order valence-electron chi connectivity index (χ4n) is 2.40. The first-order chi connectivity index (χ1) is 11.6. The average Bonchev–Trinajstić information content (AvgIpc) is 3.04. The van der Waals surface area contributed by atoms with E-state index in [0.29, 0.717) is 5.56 Å². The largest absolute Gasteiger partial charge is 0.329 e. The van der Waals surface area contributed by atoms with E-state index in [1.807, 2.05) is 72.4 Å². The highest BCUT2D eigenvalue weighted by molar-refractivity contribution is 7.98. The molecule has 0 fully saturated rings. The summed E-state index contributed by atoms with van der Waals surface area (Å²) in [5.74, 6) is 0.770. The number of carbonyl (C=O) groups is 1. The van der Waals surface area contributed by atoms with Crippen molar-refractivity contribution in [3.63, 3.8) is 0 Å². The zero-order valence-electron chi connectivity index (χ0n) is 13.7. The van der Waals surface area contributed by atoms with E-state index in [-0.39, 0.29) is 5.91 Å². The van der Waals surface area contributed by atoms with Crippen molar-refractivity contribution in [3.05, 3.63) is 78.1 Å². The number of hydrogen-bond acceptors (Lipinski definition) is 3. The highest BCUT2D eigenvalue weighted by Gasteiger charge is 2.13. The van der Waals surface area contributed by atoms with Gasteiger partial charge in [0.05, 0.1) is 0 Å². The SMILES string of the molecule is CN(C(=O)c1cccc(CSc2nccn2C)c1)c1ccccc1. The van der Waals surface area contributed by atoms with Crippen LogP contribution < -0.4 is 4.90 Å². The van der Waals surface area contributed by atoms with Crippen LogP contribution in [0.1, 0.15) is 15.9 Å². The fraction of sp³-hybridized carbons (Fsp3) is 0.158. The molecule has 0 bridgehead atoms. The number of imidazole rings is 1. The zero-order valence-corrected chi connectivity index (χ0v) is 14.5. The molecule has 3 aromatic rings. The number of aromatic nitrogens is 2. The van der Waals surface area contributed by atoms with Crippen molar-refractivity contribution >= 4 is 23.4 Å². The molecule has 1 aromatic heterocycles. The molecule has 0 saturated heterocycles. The van der Waals surface area contributed by atoms with Crippen molar-refractivity contribution in [1.82, 2.24) is 9.55 Å². The summed E-state index contributed by atoms with van der Waals surface area (Å²) in [7, 11) is 3.77. The molecule has 2 aromatic carbocycles. The normalized spacial score (nSPS) is 10.6. The van der Waals surface area contributed by atoms with Crippen LogP contribution in [-0.4, -0.2) is 22.5 Å². The molecule has 1 heterocycles. The first-order valence-electron chi connectivity index (χ1n) is 7.67. The van der Waals surface area contributed by atoms with Crippen LogP contribution in [0.15, 0.2) is 72.1 Å². The number of rotatable bonds is 5. The number of benzene rings is 2. The number of amides is 1. The Hall–Kier alpha value is -2.53. The molecule has 0 unspecified atom stereocenters. The Labute approximate surface area is 146 Å². The number of carbonyl (C=O) groups excluding carboxylic acids is 1. The Morgan fingerprint density at radius 2 is 1.96 bits per heavy atom.